The molecule has 0 spiro atoms. The summed E-state index contributed by atoms with van der Waals surface area (Å²) < 4.78 is 83.6. The van der Waals surface area contributed by atoms with Crippen LogP contribution in [0.25, 0.3) is 10.8 Å². The second-order valence-corrected chi connectivity index (χ2v) is 18.0. The van der Waals surface area contributed by atoms with Crippen LogP contribution in [0.1, 0.15) is 72.6 Å². The molecule has 0 radical (unpaired) electrons. The Balaban J connectivity index is 1.42. The molecule has 0 unspecified atom stereocenters. The van der Waals surface area contributed by atoms with Crippen molar-refractivity contribution in [3.8, 4) is 11.6 Å². The van der Waals surface area contributed by atoms with E-state index in [0.717, 1.165) is 4.90 Å². The zero-order valence-corrected chi connectivity index (χ0v) is 32.7. The third-order valence-corrected chi connectivity index (χ3v) is 13.4. The summed E-state index contributed by atoms with van der Waals surface area (Å²) >= 11 is 0. The zero-order valence-electron chi connectivity index (χ0n) is 31.8. The molecule has 2 aliphatic carbocycles. The number of rotatable bonds is 8. The monoisotopic (exact) mass is 807 g/mol. The lowest BCUT2D eigenvalue weighted by Crippen LogP contribution is -2.66. The molecule has 2 aliphatic heterocycles. The van der Waals surface area contributed by atoms with Crippen molar-refractivity contribution in [1.82, 2.24) is 24.8 Å². The number of methoxy groups -OCH3 is 1. The summed E-state index contributed by atoms with van der Waals surface area (Å²) in [6.45, 7) is 4.40. The molecule has 6 rings (SSSR count). The van der Waals surface area contributed by atoms with Gasteiger partial charge in [-0.2, -0.15) is 13.2 Å². The minimum atomic E-state index is -5.09. The van der Waals surface area contributed by atoms with Gasteiger partial charge in [0.05, 0.1) is 25.1 Å². The molecular formula is C38H48F3N5O9S. The summed E-state index contributed by atoms with van der Waals surface area (Å²) in [6, 6.07) is 3.68. The van der Waals surface area contributed by atoms with E-state index in [9.17, 15) is 45.9 Å². The molecule has 0 bridgehead atoms. The average Bonchev–Trinajstić information content (AvgIpc) is 4.04. The SMILES string of the molecule is COc1cnc(O[C@@H]2C[C@H]3C(=O)N[C@]4(C(=O)NS(=O)(=O)C5CC5)C[C@H]4C=CCC[C@@H](C)C[C@@H](C)[C@H](N(C(=O)O)C(C)(C)C(F)(F)F)C(=O)N3C2)c2ccccc12. The molecule has 3 N–H and O–H groups in total. The number of pyridine rings is 1. The molecule has 7 atom stereocenters. The Hall–Kier alpha value is -4.61. The fraction of sp³-hybridized carbons (Fsp3) is 0.605. The zero-order chi connectivity index (χ0) is 41.0. The molecule has 306 valence electrons. The van der Waals surface area contributed by atoms with E-state index in [4.69, 9.17) is 9.47 Å². The standard InChI is InChI=1S/C38H48F3N5O9S/c1-21-10-6-7-11-23-18-37(23,34(49)44-56(52,53)25-14-15-25)43-31(47)28-17-24(55-32-27-13-9-8-12-26(27)29(54-5)19-42-32)20-45(28)33(48)30(22(2)16-21)46(35(50)51)36(3,4)38(39,40)41/h7-9,11-13,19,21-25,28,30H,6,10,14-18,20H2,1-5H3,(H,43,47)(H,44,49)(H,50,51)/t21-,22-,23-,24-,28+,30+,37-/m1/s1. The molecule has 2 saturated carbocycles. The Morgan fingerprint density at radius 1 is 1.09 bits per heavy atom. The molecular weight excluding hydrogens is 760 g/mol. The molecule has 1 aromatic carbocycles. The maximum Gasteiger partial charge on any atom is 0.411 e. The number of alkyl halides is 3. The minimum Gasteiger partial charge on any atom is -0.494 e. The Kier molecular flexibility index (Phi) is 11.0. The van der Waals surface area contributed by atoms with Gasteiger partial charge >= 0.3 is 12.3 Å². The number of ether oxygens (including phenoxy) is 2. The number of halogens is 3. The van der Waals surface area contributed by atoms with Crippen molar-refractivity contribution in [2.75, 3.05) is 13.7 Å². The third kappa shape index (κ3) is 7.85. The van der Waals surface area contributed by atoms with Crippen molar-refractivity contribution >= 4 is 44.6 Å². The molecule has 56 heavy (non-hydrogen) atoms. The molecule has 18 heteroatoms. The maximum absolute atomic E-state index is 14.9. The van der Waals surface area contributed by atoms with Crippen LogP contribution in [0.4, 0.5) is 18.0 Å². The number of nitrogens with one attached hydrogen (secondary N) is 2. The summed E-state index contributed by atoms with van der Waals surface area (Å²) in [5.41, 5.74) is -4.72. The molecule has 4 aliphatic rings. The van der Waals surface area contributed by atoms with Crippen LogP contribution < -0.4 is 19.5 Å². The van der Waals surface area contributed by atoms with Crippen molar-refractivity contribution < 1.29 is 55.3 Å². The lowest BCUT2D eigenvalue weighted by atomic mass is 9.85. The van der Waals surface area contributed by atoms with Crippen molar-refractivity contribution in [3.05, 3.63) is 42.6 Å². The van der Waals surface area contributed by atoms with Gasteiger partial charge in [0.1, 0.15) is 35.0 Å². The van der Waals surface area contributed by atoms with Gasteiger partial charge in [-0.25, -0.2) is 18.2 Å². The lowest BCUT2D eigenvalue weighted by Gasteiger charge is -2.45. The summed E-state index contributed by atoms with van der Waals surface area (Å²) in [5, 5.41) is 13.6. The second-order valence-electron chi connectivity index (χ2n) is 16.1. The van der Waals surface area contributed by atoms with Crippen LogP contribution in [0.15, 0.2) is 42.6 Å². The second kappa shape index (κ2) is 15.0. The van der Waals surface area contributed by atoms with Gasteiger partial charge in [0.15, 0.2) is 0 Å². The normalized spacial score (nSPS) is 29.0. The van der Waals surface area contributed by atoms with Crippen LogP contribution in [0.2, 0.25) is 0 Å². The Bertz CT molecular complexity index is 2020. The van der Waals surface area contributed by atoms with Gasteiger partial charge in [-0.05, 0) is 70.3 Å². The number of carboxylic acid groups (broad SMARTS) is 1. The first-order valence-corrected chi connectivity index (χ1v) is 20.3. The number of amides is 4. The average molecular weight is 808 g/mol. The number of sulfonamides is 1. The van der Waals surface area contributed by atoms with Crippen LogP contribution in [0.3, 0.4) is 0 Å². The Morgan fingerprint density at radius 2 is 1.77 bits per heavy atom. The highest BCUT2D eigenvalue weighted by molar-refractivity contribution is 7.91. The van der Waals surface area contributed by atoms with Crippen LogP contribution in [0, 0.1) is 17.8 Å². The van der Waals surface area contributed by atoms with Gasteiger partial charge in [0, 0.05) is 23.1 Å². The molecule has 3 fully saturated rings. The van der Waals surface area contributed by atoms with Crippen LogP contribution >= 0.6 is 0 Å². The van der Waals surface area contributed by atoms with Crippen molar-refractivity contribution in [2.24, 2.45) is 17.8 Å². The smallest absolute Gasteiger partial charge is 0.411 e. The number of carbonyl (C=O) groups is 4. The topological polar surface area (TPSA) is 185 Å². The molecule has 1 saturated heterocycles. The summed E-state index contributed by atoms with van der Waals surface area (Å²) in [4.78, 5) is 61.6. The molecule has 1 aromatic heterocycles. The van der Waals surface area contributed by atoms with Gasteiger partial charge in [-0.3, -0.25) is 24.0 Å². The Labute approximate surface area is 323 Å². The summed E-state index contributed by atoms with van der Waals surface area (Å²) in [6.07, 6.45) is -1.29. The summed E-state index contributed by atoms with van der Waals surface area (Å²) in [5.74, 6) is -3.99. The van der Waals surface area contributed by atoms with E-state index in [1.807, 2.05) is 6.92 Å². The number of aromatic nitrogens is 1. The van der Waals surface area contributed by atoms with Gasteiger partial charge in [0.2, 0.25) is 27.7 Å². The van der Waals surface area contributed by atoms with Crippen LogP contribution in [-0.2, 0) is 24.4 Å². The molecule has 3 heterocycles. The number of fused-ring (bicyclic) bond motifs is 3. The van der Waals surface area contributed by atoms with Crippen molar-refractivity contribution in [3.63, 3.8) is 0 Å². The molecule has 14 nitrogen and oxygen atoms in total. The minimum absolute atomic E-state index is 0.0609. The van der Waals surface area contributed by atoms with E-state index >= 15 is 0 Å². The highest BCUT2D eigenvalue weighted by Gasteiger charge is 2.63. The maximum atomic E-state index is 14.9. The lowest BCUT2D eigenvalue weighted by molar-refractivity contribution is -0.222. The van der Waals surface area contributed by atoms with E-state index in [2.05, 4.69) is 15.0 Å². The quantitative estimate of drug-likeness (QED) is 0.314. The first-order chi connectivity index (χ1) is 26.2. The van der Waals surface area contributed by atoms with Gasteiger partial charge in [-0.15, -0.1) is 0 Å². The van der Waals surface area contributed by atoms with Crippen LogP contribution in [0.5, 0.6) is 11.6 Å². The predicted octanol–water partition coefficient (Wildman–Crippen LogP) is 4.78. The fourth-order valence-electron chi connectivity index (χ4n) is 8.04. The molecule has 2 aromatic rings. The number of allylic oxidation sites excluding steroid dienone is 1. The van der Waals surface area contributed by atoms with Gasteiger partial charge < -0.3 is 24.8 Å². The van der Waals surface area contributed by atoms with Crippen molar-refractivity contribution in [2.45, 2.75) is 113 Å². The highest BCUT2D eigenvalue weighted by Crippen LogP contribution is 2.47. The largest absolute Gasteiger partial charge is 0.494 e. The van der Waals surface area contributed by atoms with E-state index in [-0.39, 0.29) is 42.5 Å². The van der Waals surface area contributed by atoms with Gasteiger partial charge in [-0.1, -0.05) is 44.2 Å². The number of carbonyl (C=O) groups excluding carboxylic acids is 3. The van der Waals surface area contributed by atoms with E-state index in [1.54, 1.807) is 36.4 Å². The molecule has 4 amide bonds. The Morgan fingerprint density at radius 3 is 2.39 bits per heavy atom. The van der Waals surface area contributed by atoms with E-state index in [1.165, 1.54) is 20.2 Å². The predicted molar refractivity (Wildman–Crippen MR) is 197 cm³/mol. The number of benzene rings is 1. The number of hydrogen-bond donors (Lipinski definition) is 3. The van der Waals surface area contributed by atoms with E-state index in [0.29, 0.717) is 56.1 Å². The van der Waals surface area contributed by atoms with Crippen LogP contribution in [-0.4, -0.2) is 106 Å². The first-order valence-electron chi connectivity index (χ1n) is 18.7. The number of hydrogen-bond acceptors (Lipinski definition) is 9. The first kappa shape index (κ1) is 41.0. The summed E-state index contributed by atoms with van der Waals surface area (Å²) in [7, 11) is -2.54. The third-order valence-electron chi connectivity index (χ3n) is 11.6. The van der Waals surface area contributed by atoms with Crippen molar-refractivity contribution in [1.29, 1.82) is 0 Å². The highest BCUT2D eigenvalue weighted by atomic mass is 32.2. The van der Waals surface area contributed by atoms with E-state index < -0.39 is 86.4 Å². The number of nitrogens with zero attached hydrogens (tertiary/aromatic N) is 3. The van der Waals surface area contributed by atoms with Gasteiger partial charge in [0.25, 0.3) is 5.91 Å². The fourth-order valence-corrected chi connectivity index (χ4v) is 9.40.